The van der Waals surface area contributed by atoms with Crippen LogP contribution in [0.2, 0.25) is 0 Å². The second-order valence-corrected chi connectivity index (χ2v) is 13.3. The summed E-state index contributed by atoms with van der Waals surface area (Å²) < 4.78 is 4.95. The van der Waals surface area contributed by atoms with Gasteiger partial charge in [0.05, 0.1) is 11.0 Å². The van der Waals surface area contributed by atoms with Gasteiger partial charge >= 0.3 is 0 Å². The third-order valence-electron chi connectivity index (χ3n) is 8.30. The third-order valence-corrected chi connectivity index (χ3v) is 8.30. The maximum Gasteiger partial charge on any atom is 0.141 e. The molecular formula is C37H41N3. The zero-order valence-corrected chi connectivity index (χ0v) is 24.8. The number of imidazole rings is 1. The summed E-state index contributed by atoms with van der Waals surface area (Å²) in [6.07, 6.45) is 2.18. The van der Waals surface area contributed by atoms with E-state index in [0.29, 0.717) is 0 Å². The minimum atomic E-state index is 0.119. The average Bonchev–Trinajstić information content (AvgIpc) is 3.45. The fraction of sp³-hybridized carbons (Fsp3) is 0.324. The van der Waals surface area contributed by atoms with Crippen LogP contribution < -0.4 is 0 Å². The summed E-state index contributed by atoms with van der Waals surface area (Å²) in [7, 11) is 0. The van der Waals surface area contributed by atoms with E-state index in [1.165, 1.54) is 44.0 Å². The molecule has 0 saturated carbocycles. The normalized spacial score (nSPS) is 12.7. The van der Waals surface area contributed by atoms with E-state index in [9.17, 15) is 0 Å². The smallest absolute Gasteiger partial charge is 0.141 e. The van der Waals surface area contributed by atoms with Crippen molar-refractivity contribution in [1.29, 1.82) is 0 Å². The highest BCUT2D eigenvalue weighted by atomic mass is 15.1. The maximum absolute atomic E-state index is 5.01. The Kier molecular flexibility index (Phi) is 6.57. The van der Waals surface area contributed by atoms with Crippen LogP contribution in [0.25, 0.3) is 44.2 Å². The average molecular weight is 528 g/mol. The van der Waals surface area contributed by atoms with Crippen molar-refractivity contribution in [1.82, 2.24) is 14.1 Å². The predicted octanol–water partition coefficient (Wildman–Crippen LogP) is 9.89. The molecule has 0 atom stereocenters. The minimum Gasteiger partial charge on any atom is -0.340 e. The van der Waals surface area contributed by atoms with E-state index in [1.54, 1.807) is 0 Å². The van der Waals surface area contributed by atoms with Gasteiger partial charge in [0.2, 0.25) is 0 Å². The Hall–Kier alpha value is -3.85. The molecule has 3 nitrogen and oxygen atoms in total. The molecule has 0 aliphatic heterocycles. The van der Waals surface area contributed by atoms with Gasteiger partial charge in [-0.05, 0) is 71.2 Å². The Balaban J connectivity index is 1.33. The number of para-hydroxylation sites is 2. The summed E-state index contributed by atoms with van der Waals surface area (Å²) in [5.41, 5.74) is 9.14. The molecule has 0 bridgehead atoms. The summed E-state index contributed by atoms with van der Waals surface area (Å²) in [4.78, 5) is 5.01. The van der Waals surface area contributed by atoms with Gasteiger partial charge in [-0.1, -0.05) is 96.1 Å². The first kappa shape index (κ1) is 26.4. The van der Waals surface area contributed by atoms with E-state index in [0.717, 1.165) is 37.3 Å². The molecule has 4 aromatic carbocycles. The van der Waals surface area contributed by atoms with Crippen molar-refractivity contribution in [3.8, 4) is 11.4 Å². The van der Waals surface area contributed by atoms with Crippen LogP contribution in [0, 0.1) is 0 Å². The van der Waals surface area contributed by atoms with E-state index < -0.39 is 0 Å². The van der Waals surface area contributed by atoms with E-state index in [1.807, 2.05) is 0 Å². The number of unbranched alkanes of at least 4 members (excludes halogenated alkanes) is 1. The van der Waals surface area contributed by atoms with Crippen LogP contribution in [0.3, 0.4) is 0 Å². The quantitative estimate of drug-likeness (QED) is 0.198. The number of hydrogen-bond acceptors (Lipinski definition) is 1. The molecule has 6 rings (SSSR count). The van der Waals surface area contributed by atoms with Crippen molar-refractivity contribution in [2.24, 2.45) is 0 Å². The summed E-state index contributed by atoms with van der Waals surface area (Å²) in [5, 5.41) is 2.75. The first-order chi connectivity index (χ1) is 19.1. The number of fused-ring (bicyclic) bond motifs is 4. The fourth-order valence-electron chi connectivity index (χ4n) is 5.93. The van der Waals surface area contributed by atoms with E-state index in [-0.39, 0.29) is 10.8 Å². The molecule has 0 aliphatic rings. The van der Waals surface area contributed by atoms with Gasteiger partial charge in [-0.15, -0.1) is 0 Å². The van der Waals surface area contributed by atoms with Crippen molar-refractivity contribution in [2.75, 3.05) is 0 Å². The molecule has 40 heavy (non-hydrogen) atoms. The summed E-state index contributed by atoms with van der Waals surface area (Å²) in [6, 6.07) is 33.3. The predicted molar refractivity (Wildman–Crippen MR) is 171 cm³/mol. The number of aryl methyl sites for hydroxylation is 2. The first-order valence-electron chi connectivity index (χ1n) is 14.7. The molecule has 0 radical (unpaired) electrons. The van der Waals surface area contributed by atoms with E-state index >= 15 is 0 Å². The van der Waals surface area contributed by atoms with Crippen LogP contribution in [0.1, 0.15) is 65.5 Å². The standard InChI is InChI=1S/C37H41N3/c1-36(2,3)27-18-20-32-29(24-27)30-25-28(37(4,5)6)19-21-33(30)39(32)22-12-13-23-40-34-17-11-10-16-31(34)38-35(40)26-14-8-7-9-15-26/h7-11,14-21,24-25H,12-13,22-23H2,1-6H3. The molecule has 204 valence electrons. The van der Waals surface area contributed by atoms with Gasteiger partial charge in [-0.25, -0.2) is 4.98 Å². The lowest BCUT2D eigenvalue weighted by Gasteiger charge is -2.19. The second kappa shape index (κ2) is 9.96. The van der Waals surface area contributed by atoms with Crippen LogP contribution in [-0.4, -0.2) is 14.1 Å². The van der Waals surface area contributed by atoms with Crippen molar-refractivity contribution in [3.63, 3.8) is 0 Å². The Labute approximate surface area is 238 Å². The van der Waals surface area contributed by atoms with Crippen LogP contribution >= 0.6 is 0 Å². The largest absolute Gasteiger partial charge is 0.340 e. The van der Waals surface area contributed by atoms with Crippen molar-refractivity contribution < 1.29 is 0 Å². The van der Waals surface area contributed by atoms with E-state index in [4.69, 9.17) is 4.98 Å². The van der Waals surface area contributed by atoms with Crippen molar-refractivity contribution >= 4 is 32.8 Å². The molecule has 0 N–H and O–H groups in total. The van der Waals surface area contributed by atoms with Gasteiger partial charge in [0.25, 0.3) is 0 Å². The number of nitrogens with zero attached hydrogens (tertiary/aromatic N) is 3. The molecule has 0 aliphatic carbocycles. The molecule has 3 heteroatoms. The summed E-state index contributed by atoms with van der Waals surface area (Å²) in [5.74, 6) is 1.06. The molecule has 0 fully saturated rings. The zero-order chi connectivity index (χ0) is 28.1. The van der Waals surface area contributed by atoms with Crippen LogP contribution in [0.15, 0.2) is 91.0 Å². The first-order valence-corrected chi connectivity index (χ1v) is 14.7. The van der Waals surface area contributed by atoms with Crippen LogP contribution in [-0.2, 0) is 23.9 Å². The van der Waals surface area contributed by atoms with Crippen molar-refractivity contribution in [3.05, 3.63) is 102 Å². The Morgan fingerprint density at radius 3 is 1.65 bits per heavy atom. The number of aromatic nitrogens is 3. The molecule has 0 amide bonds. The highest BCUT2D eigenvalue weighted by Gasteiger charge is 2.20. The minimum absolute atomic E-state index is 0.119. The molecule has 2 heterocycles. The van der Waals surface area contributed by atoms with Crippen LogP contribution in [0.5, 0.6) is 0 Å². The Bertz CT molecular complexity index is 1730. The zero-order valence-electron chi connectivity index (χ0n) is 24.8. The van der Waals surface area contributed by atoms with E-state index in [2.05, 4.69) is 142 Å². The highest BCUT2D eigenvalue weighted by Crippen LogP contribution is 2.36. The number of benzene rings is 4. The Morgan fingerprint density at radius 2 is 1.07 bits per heavy atom. The maximum atomic E-state index is 5.01. The number of hydrogen-bond donors (Lipinski definition) is 0. The fourth-order valence-corrected chi connectivity index (χ4v) is 5.93. The monoisotopic (exact) mass is 527 g/mol. The summed E-state index contributed by atoms with van der Waals surface area (Å²) >= 11 is 0. The molecule has 2 aromatic heterocycles. The third kappa shape index (κ3) is 4.83. The molecular weight excluding hydrogens is 486 g/mol. The van der Waals surface area contributed by atoms with Gasteiger partial charge in [0, 0.05) is 40.5 Å². The lowest BCUT2D eigenvalue weighted by molar-refractivity contribution is 0.576. The van der Waals surface area contributed by atoms with Crippen LogP contribution in [0.4, 0.5) is 0 Å². The Morgan fingerprint density at radius 1 is 0.550 bits per heavy atom. The molecule has 0 unspecified atom stereocenters. The highest BCUT2D eigenvalue weighted by molar-refractivity contribution is 6.08. The van der Waals surface area contributed by atoms with Gasteiger partial charge in [-0.2, -0.15) is 0 Å². The van der Waals surface area contributed by atoms with Gasteiger partial charge in [-0.3, -0.25) is 0 Å². The van der Waals surface area contributed by atoms with Crippen molar-refractivity contribution in [2.45, 2.75) is 78.3 Å². The topological polar surface area (TPSA) is 22.8 Å². The SMILES string of the molecule is CC(C)(C)c1ccc2c(c1)c1cc(C(C)(C)C)ccc1n2CCCCn1c(-c2ccccc2)nc2ccccc21. The molecule has 0 spiro atoms. The number of rotatable bonds is 6. The van der Waals surface area contributed by atoms with Gasteiger partial charge in [0.1, 0.15) is 5.82 Å². The van der Waals surface area contributed by atoms with Gasteiger partial charge in [0.15, 0.2) is 0 Å². The van der Waals surface area contributed by atoms with Gasteiger partial charge < -0.3 is 9.13 Å². The lowest BCUT2D eigenvalue weighted by atomic mass is 9.85. The summed E-state index contributed by atoms with van der Waals surface area (Å²) in [6.45, 7) is 15.8. The molecule has 0 saturated heterocycles. The second-order valence-electron chi connectivity index (χ2n) is 13.3. The lowest BCUT2D eigenvalue weighted by Crippen LogP contribution is -2.10. The molecule has 6 aromatic rings.